The van der Waals surface area contributed by atoms with Gasteiger partial charge in [-0.05, 0) is 31.2 Å². The van der Waals surface area contributed by atoms with Gasteiger partial charge in [0.2, 0.25) is 0 Å². The molecule has 29 heavy (non-hydrogen) atoms. The number of amides is 1. The third kappa shape index (κ3) is 4.75. The largest absolute Gasteiger partial charge is 0.497 e. The SMILES string of the molecule is CCOc1ccc(C(=O)Nc2cc(OC)ccc2N2CCOCC2)cc1[N+](=O)[O-]. The number of anilines is 2. The monoisotopic (exact) mass is 401 g/mol. The highest BCUT2D eigenvalue weighted by Gasteiger charge is 2.21. The first-order valence-corrected chi connectivity index (χ1v) is 9.26. The first-order chi connectivity index (χ1) is 14.0. The minimum atomic E-state index is -0.563. The molecule has 0 aliphatic carbocycles. The predicted octanol–water partition coefficient (Wildman–Crippen LogP) is 3.09. The molecule has 0 unspecified atom stereocenters. The maximum absolute atomic E-state index is 12.8. The topological polar surface area (TPSA) is 103 Å². The van der Waals surface area contributed by atoms with Crippen molar-refractivity contribution in [2.45, 2.75) is 6.92 Å². The van der Waals surface area contributed by atoms with Gasteiger partial charge in [-0.2, -0.15) is 0 Å². The molecule has 0 bridgehead atoms. The second-order valence-electron chi connectivity index (χ2n) is 6.31. The van der Waals surface area contributed by atoms with Gasteiger partial charge < -0.3 is 24.4 Å². The number of benzene rings is 2. The number of methoxy groups -OCH3 is 1. The van der Waals surface area contributed by atoms with Gasteiger partial charge in [-0.1, -0.05) is 0 Å². The molecule has 1 aliphatic rings. The van der Waals surface area contributed by atoms with Crippen LogP contribution in [0.15, 0.2) is 36.4 Å². The van der Waals surface area contributed by atoms with Gasteiger partial charge in [-0.25, -0.2) is 0 Å². The molecule has 9 nitrogen and oxygen atoms in total. The number of ether oxygens (including phenoxy) is 3. The third-order valence-corrected chi connectivity index (χ3v) is 4.52. The molecule has 0 aromatic heterocycles. The molecule has 0 spiro atoms. The van der Waals surface area contributed by atoms with Crippen LogP contribution in [0.5, 0.6) is 11.5 Å². The lowest BCUT2D eigenvalue weighted by molar-refractivity contribution is -0.385. The van der Waals surface area contributed by atoms with Gasteiger partial charge in [0.15, 0.2) is 5.75 Å². The van der Waals surface area contributed by atoms with Gasteiger partial charge in [0.05, 0.1) is 43.2 Å². The lowest BCUT2D eigenvalue weighted by Crippen LogP contribution is -2.36. The van der Waals surface area contributed by atoms with Crippen LogP contribution in [-0.2, 0) is 4.74 Å². The summed E-state index contributed by atoms with van der Waals surface area (Å²) in [5.41, 5.74) is 1.31. The van der Waals surface area contributed by atoms with Crippen molar-refractivity contribution in [3.63, 3.8) is 0 Å². The Morgan fingerprint density at radius 1 is 1.24 bits per heavy atom. The van der Waals surface area contributed by atoms with E-state index in [-0.39, 0.29) is 17.0 Å². The van der Waals surface area contributed by atoms with Crippen molar-refractivity contribution in [3.8, 4) is 11.5 Å². The highest BCUT2D eigenvalue weighted by Crippen LogP contribution is 2.32. The fourth-order valence-corrected chi connectivity index (χ4v) is 3.10. The smallest absolute Gasteiger partial charge is 0.311 e. The van der Waals surface area contributed by atoms with Crippen LogP contribution < -0.4 is 19.7 Å². The van der Waals surface area contributed by atoms with Crippen LogP contribution >= 0.6 is 0 Å². The first kappa shape index (κ1) is 20.4. The summed E-state index contributed by atoms with van der Waals surface area (Å²) in [6, 6.07) is 9.58. The van der Waals surface area contributed by atoms with E-state index in [1.165, 1.54) is 18.2 Å². The Kier molecular flexibility index (Phi) is 6.50. The Balaban J connectivity index is 1.89. The first-order valence-electron chi connectivity index (χ1n) is 9.26. The number of hydrogen-bond donors (Lipinski definition) is 1. The van der Waals surface area contributed by atoms with Crippen molar-refractivity contribution in [1.82, 2.24) is 0 Å². The predicted molar refractivity (Wildman–Crippen MR) is 108 cm³/mol. The zero-order valence-electron chi connectivity index (χ0n) is 16.3. The highest BCUT2D eigenvalue weighted by molar-refractivity contribution is 6.06. The van der Waals surface area contributed by atoms with Crippen LogP contribution in [0.3, 0.4) is 0 Å². The van der Waals surface area contributed by atoms with Gasteiger partial charge in [-0.15, -0.1) is 0 Å². The van der Waals surface area contributed by atoms with E-state index in [0.29, 0.717) is 44.3 Å². The molecule has 3 rings (SSSR count). The number of nitrogens with zero attached hydrogens (tertiary/aromatic N) is 2. The van der Waals surface area contributed by atoms with Crippen LogP contribution in [0.25, 0.3) is 0 Å². The van der Waals surface area contributed by atoms with Gasteiger partial charge in [0, 0.05) is 30.8 Å². The molecule has 1 aliphatic heterocycles. The van der Waals surface area contributed by atoms with Crippen molar-refractivity contribution in [1.29, 1.82) is 0 Å². The van der Waals surface area contributed by atoms with Gasteiger partial charge in [0.1, 0.15) is 5.75 Å². The van der Waals surface area contributed by atoms with E-state index in [2.05, 4.69) is 10.2 Å². The molecule has 0 saturated carbocycles. The molecule has 9 heteroatoms. The highest BCUT2D eigenvalue weighted by atomic mass is 16.6. The maximum Gasteiger partial charge on any atom is 0.311 e. The number of morpholine rings is 1. The average Bonchev–Trinajstić information content (AvgIpc) is 2.74. The van der Waals surface area contributed by atoms with E-state index in [9.17, 15) is 14.9 Å². The summed E-state index contributed by atoms with van der Waals surface area (Å²) >= 11 is 0. The number of nitro benzene ring substituents is 1. The fraction of sp³-hybridized carbons (Fsp3) is 0.350. The Morgan fingerprint density at radius 3 is 2.66 bits per heavy atom. The molecular weight excluding hydrogens is 378 g/mol. The number of hydrogen-bond acceptors (Lipinski definition) is 7. The minimum absolute atomic E-state index is 0.129. The van der Waals surface area contributed by atoms with Crippen LogP contribution in [0.1, 0.15) is 17.3 Å². The van der Waals surface area contributed by atoms with Crippen LogP contribution in [-0.4, -0.2) is 50.9 Å². The molecule has 2 aromatic rings. The average molecular weight is 401 g/mol. The lowest BCUT2D eigenvalue weighted by Gasteiger charge is -2.30. The Morgan fingerprint density at radius 2 is 2.00 bits per heavy atom. The maximum atomic E-state index is 12.8. The number of nitrogens with one attached hydrogen (secondary N) is 1. The normalized spacial score (nSPS) is 13.7. The number of nitro groups is 1. The van der Waals surface area contributed by atoms with Crippen molar-refractivity contribution < 1.29 is 23.9 Å². The minimum Gasteiger partial charge on any atom is -0.497 e. The molecule has 1 fully saturated rings. The van der Waals surface area contributed by atoms with E-state index in [0.717, 1.165) is 5.69 Å². The van der Waals surface area contributed by atoms with Gasteiger partial charge in [-0.3, -0.25) is 14.9 Å². The number of rotatable bonds is 7. The Labute approximate surface area is 168 Å². The molecule has 1 saturated heterocycles. The van der Waals surface area contributed by atoms with Gasteiger partial charge in [0.25, 0.3) is 5.91 Å². The van der Waals surface area contributed by atoms with Crippen LogP contribution in [0.2, 0.25) is 0 Å². The van der Waals surface area contributed by atoms with E-state index < -0.39 is 10.8 Å². The summed E-state index contributed by atoms with van der Waals surface area (Å²) in [7, 11) is 1.55. The number of carbonyl (C=O) groups excluding carboxylic acids is 1. The van der Waals surface area contributed by atoms with E-state index in [4.69, 9.17) is 14.2 Å². The molecule has 1 N–H and O–H groups in total. The summed E-state index contributed by atoms with van der Waals surface area (Å²) in [5, 5.41) is 14.2. The van der Waals surface area contributed by atoms with E-state index >= 15 is 0 Å². The Hall–Kier alpha value is -3.33. The van der Waals surface area contributed by atoms with E-state index in [1.807, 2.05) is 12.1 Å². The molecule has 154 valence electrons. The summed E-state index contributed by atoms with van der Waals surface area (Å²) < 4.78 is 15.9. The summed E-state index contributed by atoms with van der Waals surface area (Å²) in [6.45, 7) is 4.63. The summed E-state index contributed by atoms with van der Waals surface area (Å²) in [5.74, 6) is 0.262. The van der Waals surface area contributed by atoms with Crippen molar-refractivity contribution in [2.75, 3.05) is 50.2 Å². The number of carbonyl (C=O) groups is 1. The Bertz CT molecular complexity index is 896. The lowest BCUT2D eigenvalue weighted by atomic mass is 10.1. The summed E-state index contributed by atoms with van der Waals surface area (Å²) in [6.07, 6.45) is 0. The molecule has 0 radical (unpaired) electrons. The standard InChI is InChI=1S/C20H23N3O6/c1-3-29-19-7-4-14(12-18(19)23(25)26)20(24)21-16-13-15(27-2)5-6-17(16)22-8-10-28-11-9-22/h4-7,12-13H,3,8-11H2,1-2H3,(H,21,24). The van der Waals surface area contributed by atoms with Crippen molar-refractivity contribution in [3.05, 3.63) is 52.1 Å². The van der Waals surface area contributed by atoms with E-state index in [1.54, 1.807) is 20.1 Å². The molecule has 1 heterocycles. The second-order valence-corrected chi connectivity index (χ2v) is 6.31. The van der Waals surface area contributed by atoms with Crippen LogP contribution in [0, 0.1) is 10.1 Å². The third-order valence-electron chi connectivity index (χ3n) is 4.52. The van der Waals surface area contributed by atoms with Crippen molar-refractivity contribution >= 4 is 23.0 Å². The summed E-state index contributed by atoms with van der Waals surface area (Å²) in [4.78, 5) is 25.7. The van der Waals surface area contributed by atoms with Crippen LogP contribution in [0.4, 0.5) is 17.1 Å². The fourth-order valence-electron chi connectivity index (χ4n) is 3.10. The quantitative estimate of drug-likeness (QED) is 0.562. The zero-order valence-corrected chi connectivity index (χ0v) is 16.3. The molecular formula is C20H23N3O6. The second kappa shape index (κ2) is 9.24. The molecule has 2 aromatic carbocycles. The van der Waals surface area contributed by atoms with Gasteiger partial charge >= 0.3 is 5.69 Å². The molecule has 0 atom stereocenters. The molecule has 1 amide bonds. The zero-order chi connectivity index (χ0) is 20.8. The van der Waals surface area contributed by atoms with Crippen molar-refractivity contribution in [2.24, 2.45) is 0 Å².